The van der Waals surface area contributed by atoms with Crippen molar-refractivity contribution in [1.82, 2.24) is 0 Å². The summed E-state index contributed by atoms with van der Waals surface area (Å²) in [7, 11) is 0. The Bertz CT molecular complexity index is 244. The first-order valence-electron chi connectivity index (χ1n) is 4.37. The number of carbonyl (C=O) groups is 1. The highest BCUT2D eigenvalue weighted by Crippen LogP contribution is 2.52. The Balaban J connectivity index is 2.30. The summed E-state index contributed by atoms with van der Waals surface area (Å²) in [6.07, 6.45) is 4.59. The summed E-state index contributed by atoms with van der Waals surface area (Å²) in [5, 5.41) is 0. The molecule has 2 aliphatic carbocycles. The molecule has 11 heavy (non-hydrogen) atoms. The van der Waals surface area contributed by atoms with E-state index in [2.05, 4.69) is 6.92 Å². The Labute approximate surface area is 67.5 Å². The second-order valence-electron chi connectivity index (χ2n) is 4.05. The largest absolute Gasteiger partial charge is 0.294 e. The van der Waals surface area contributed by atoms with E-state index in [1.807, 2.05) is 6.92 Å². The smallest absolute Gasteiger partial charge is 0.164 e. The van der Waals surface area contributed by atoms with E-state index in [9.17, 15) is 4.79 Å². The van der Waals surface area contributed by atoms with Crippen LogP contribution in [0.3, 0.4) is 0 Å². The van der Waals surface area contributed by atoms with Crippen LogP contribution in [0.1, 0.15) is 39.5 Å². The minimum absolute atomic E-state index is 0.105. The van der Waals surface area contributed by atoms with Crippen LogP contribution in [0.25, 0.3) is 0 Å². The minimum atomic E-state index is 0.105. The maximum absolute atomic E-state index is 11.7. The third kappa shape index (κ3) is 0.741. The second-order valence-corrected chi connectivity index (χ2v) is 4.05. The molecule has 0 N–H and O–H groups in total. The summed E-state index contributed by atoms with van der Waals surface area (Å²) in [5.41, 5.74) is 2.48. The number of rotatable bonds is 0. The molecule has 60 valence electrons. The lowest BCUT2D eigenvalue weighted by Crippen LogP contribution is -2.34. The van der Waals surface area contributed by atoms with Gasteiger partial charge in [0, 0.05) is 5.41 Å². The third-order valence-electron chi connectivity index (χ3n) is 3.38. The Kier molecular flexibility index (Phi) is 1.26. The van der Waals surface area contributed by atoms with Gasteiger partial charge < -0.3 is 0 Å². The van der Waals surface area contributed by atoms with Crippen LogP contribution >= 0.6 is 0 Å². The topological polar surface area (TPSA) is 17.1 Å². The lowest BCUT2D eigenvalue weighted by atomic mass is 9.66. The fourth-order valence-electron chi connectivity index (χ4n) is 2.32. The Morgan fingerprint density at radius 3 is 2.09 bits per heavy atom. The molecule has 2 aliphatic rings. The van der Waals surface area contributed by atoms with Crippen molar-refractivity contribution in [3.63, 3.8) is 0 Å². The lowest BCUT2D eigenvalue weighted by molar-refractivity contribution is -0.127. The molecule has 0 radical (unpaired) electrons. The molecule has 0 aromatic carbocycles. The Hall–Kier alpha value is -0.590. The lowest BCUT2D eigenvalue weighted by Gasteiger charge is -2.36. The Morgan fingerprint density at radius 2 is 1.91 bits per heavy atom. The monoisotopic (exact) mass is 150 g/mol. The van der Waals surface area contributed by atoms with Gasteiger partial charge in [-0.25, -0.2) is 0 Å². The molecule has 0 bridgehead atoms. The van der Waals surface area contributed by atoms with E-state index in [1.54, 1.807) is 0 Å². The first kappa shape index (κ1) is 7.08. The van der Waals surface area contributed by atoms with Crippen molar-refractivity contribution < 1.29 is 4.79 Å². The molecule has 2 rings (SSSR count). The van der Waals surface area contributed by atoms with E-state index in [0.29, 0.717) is 5.78 Å². The molecular weight excluding hydrogens is 136 g/mol. The Morgan fingerprint density at radius 1 is 1.27 bits per heavy atom. The fourth-order valence-corrected chi connectivity index (χ4v) is 2.32. The van der Waals surface area contributed by atoms with E-state index >= 15 is 0 Å². The van der Waals surface area contributed by atoms with Crippen LogP contribution in [0, 0.1) is 5.41 Å². The first-order valence-corrected chi connectivity index (χ1v) is 4.37. The molecule has 0 unspecified atom stereocenters. The highest BCUT2D eigenvalue weighted by molar-refractivity contribution is 6.03. The molecule has 1 fully saturated rings. The van der Waals surface area contributed by atoms with Gasteiger partial charge in [-0.15, -0.1) is 0 Å². The van der Waals surface area contributed by atoms with Gasteiger partial charge in [0.25, 0.3) is 0 Å². The molecule has 0 aliphatic heterocycles. The summed E-state index contributed by atoms with van der Waals surface area (Å²) in [6.45, 7) is 4.07. The zero-order valence-electron chi connectivity index (χ0n) is 7.24. The van der Waals surface area contributed by atoms with Crippen LogP contribution in [0.4, 0.5) is 0 Å². The average Bonchev–Trinajstić information content (AvgIpc) is 2.12. The number of carbonyl (C=O) groups excluding carboxylic acids is 1. The van der Waals surface area contributed by atoms with E-state index in [-0.39, 0.29) is 5.41 Å². The third-order valence-corrected chi connectivity index (χ3v) is 3.38. The van der Waals surface area contributed by atoms with Crippen LogP contribution in [-0.4, -0.2) is 5.78 Å². The number of ketones is 1. The van der Waals surface area contributed by atoms with E-state index in [4.69, 9.17) is 0 Å². The van der Waals surface area contributed by atoms with E-state index in [0.717, 1.165) is 24.8 Å². The van der Waals surface area contributed by atoms with Crippen LogP contribution in [0.2, 0.25) is 0 Å². The van der Waals surface area contributed by atoms with Crippen LogP contribution in [-0.2, 0) is 4.79 Å². The molecule has 0 heterocycles. The predicted molar refractivity (Wildman–Crippen MR) is 44.3 cm³/mol. The molecule has 0 aromatic heterocycles. The molecule has 0 amide bonds. The van der Waals surface area contributed by atoms with Gasteiger partial charge >= 0.3 is 0 Å². The molecule has 1 spiro atoms. The standard InChI is InChI=1S/C10H14O/c1-7-6-10(4-3-5-10)9(11)8(7)2/h3-6H2,1-2H3. The van der Waals surface area contributed by atoms with Crippen LogP contribution < -0.4 is 0 Å². The van der Waals surface area contributed by atoms with Crippen LogP contribution in [0.15, 0.2) is 11.1 Å². The van der Waals surface area contributed by atoms with Crippen molar-refractivity contribution in [2.45, 2.75) is 39.5 Å². The normalized spacial score (nSPS) is 28.0. The van der Waals surface area contributed by atoms with Gasteiger partial charge in [-0.05, 0) is 38.7 Å². The summed E-state index contributed by atoms with van der Waals surface area (Å²) in [5.74, 6) is 0.446. The fraction of sp³-hybridized carbons (Fsp3) is 0.700. The van der Waals surface area contributed by atoms with E-state index < -0.39 is 0 Å². The van der Waals surface area contributed by atoms with Gasteiger partial charge in [0.05, 0.1) is 0 Å². The van der Waals surface area contributed by atoms with E-state index in [1.165, 1.54) is 12.0 Å². The summed E-state index contributed by atoms with van der Waals surface area (Å²) < 4.78 is 0. The zero-order chi connectivity index (χ0) is 8.06. The molecule has 1 saturated carbocycles. The maximum Gasteiger partial charge on any atom is 0.164 e. The van der Waals surface area contributed by atoms with Crippen molar-refractivity contribution in [1.29, 1.82) is 0 Å². The summed E-state index contributed by atoms with van der Waals surface area (Å²) in [6, 6.07) is 0. The van der Waals surface area contributed by atoms with Gasteiger partial charge in [0.1, 0.15) is 0 Å². The SMILES string of the molecule is CC1=C(C)C(=O)C2(CCC2)C1. The summed E-state index contributed by atoms with van der Waals surface area (Å²) in [4.78, 5) is 11.7. The number of hydrogen-bond acceptors (Lipinski definition) is 1. The zero-order valence-corrected chi connectivity index (χ0v) is 7.24. The molecule has 0 saturated heterocycles. The highest BCUT2D eigenvalue weighted by Gasteiger charge is 2.48. The van der Waals surface area contributed by atoms with Crippen molar-refractivity contribution in [3.8, 4) is 0 Å². The molecule has 1 heteroatoms. The van der Waals surface area contributed by atoms with Crippen LogP contribution in [0.5, 0.6) is 0 Å². The average molecular weight is 150 g/mol. The van der Waals surface area contributed by atoms with Gasteiger partial charge in [-0.2, -0.15) is 0 Å². The van der Waals surface area contributed by atoms with Crippen molar-refractivity contribution in [3.05, 3.63) is 11.1 Å². The molecule has 1 nitrogen and oxygen atoms in total. The van der Waals surface area contributed by atoms with Crippen molar-refractivity contribution in [2.75, 3.05) is 0 Å². The van der Waals surface area contributed by atoms with Gasteiger partial charge in [-0.1, -0.05) is 12.0 Å². The quantitative estimate of drug-likeness (QED) is 0.518. The number of allylic oxidation sites excluding steroid dienone is 2. The maximum atomic E-state index is 11.7. The first-order chi connectivity index (χ1) is 5.16. The number of Topliss-reactive ketones (excluding diaryl/α,β-unsaturated/α-hetero) is 1. The van der Waals surface area contributed by atoms with Gasteiger partial charge in [0.15, 0.2) is 5.78 Å². The number of hydrogen-bond donors (Lipinski definition) is 0. The van der Waals surface area contributed by atoms with Crippen molar-refractivity contribution >= 4 is 5.78 Å². The van der Waals surface area contributed by atoms with Gasteiger partial charge in [-0.3, -0.25) is 4.79 Å². The van der Waals surface area contributed by atoms with Gasteiger partial charge in [0.2, 0.25) is 0 Å². The molecule has 0 aromatic rings. The molecular formula is C10H14O. The van der Waals surface area contributed by atoms with Crippen molar-refractivity contribution in [2.24, 2.45) is 5.41 Å². The minimum Gasteiger partial charge on any atom is -0.294 e. The predicted octanol–water partition coefficient (Wildman–Crippen LogP) is 2.47. The second kappa shape index (κ2) is 1.96. The highest BCUT2D eigenvalue weighted by atomic mass is 16.1. The summed E-state index contributed by atoms with van der Waals surface area (Å²) >= 11 is 0. The molecule has 0 atom stereocenters.